The van der Waals surface area contributed by atoms with Gasteiger partial charge in [-0.15, -0.1) is 5.92 Å². The molecule has 3 heteroatoms. The first-order chi connectivity index (χ1) is 7.83. The van der Waals surface area contributed by atoms with Crippen molar-refractivity contribution in [2.75, 3.05) is 13.2 Å². The molecule has 0 aromatic heterocycles. The maximum absolute atomic E-state index is 11.4. The largest absolute Gasteiger partial charge is 0.465 e. The van der Waals surface area contributed by atoms with Crippen LogP contribution < -0.4 is 0 Å². The van der Waals surface area contributed by atoms with Crippen LogP contribution >= 0.6 is 0 Å². The summed E-state index contributed by atoms with van der Waals surface area (Å²) in [6.45, 7) is 8.81. The Morgan fingerprint density at radius 3 is 2.59 bits per heavy atom. The maximum Gasteiger partial charge on any atom is 0.311 e. The van der Waals surface area contributed by atoms with Crippen LogP contribution in [0.3, 0.4) is 0 Å². The van der Waals surface area contributed by atoms with Crippen molar-refractivity contribution >= 4 is 5.97 Å². The lowest BCUT2D eigenvalue weighted by atomic mass is 9.97. The molecule has 1 unspecified atom stereocenters. The van der Waals surface area contributed by atoms with Crippen molar-refractivity contribution in [2.45, 2.75) is 52.6 Å². The molecule has 0 aliphatic carbocycles. The lowest BCUT2D eigenvalue weighted by Crippen LogP contribution is -2.23. The van der Waals surface area contributed by atoms with E-state index in [2.05, 4.69) is 11.8 Å². The van der Waals surface area contributed by atoms with Gasteiger partial charge in [-0.2, -0.15) is 0 Å². The highest BCUT2D eigenvalue weighted by Gasteiger charge is 2.36. The summed E-state index contributed by atoms with van der Waals surface area (Å²) < 4.78 is 10.3. The molecule has 1 aliphatic heterocycles. The number of esters is 1. The molecular weight excluding hydrogens is 216 g/mol. The lowest BCUT2D eigenvalue weighted by Gasteiger charge is -2.16. The minimum absolute atomic E-state index is 0.137. The Morgan fingerprint density at radius 1 is 1.41 bits per heavy atom. The van der Waals surface area contributed by atoms with Gasteiger partial charge in [0.1, 0.15) is 5.60 Å². The van der Waals surface area contributed by atoms with Crippen molar-refractivity contribution < 1.29 is 14.3 Å². The van der Waals surface area contributed by atoms with Crippen LogP contribution in [0.1, 0.15) is 47.0 Å². The molecule has 1 rings (SSSR count). The highest BCUT2D eigenvalue weighted by atomic mass is 16.6. The predicted octanol–water partition coefficient (Wildman–Crippen LogP) is 2.54. The van der Waals surface area contributed by atoms with E-state index >= 15 is 0 Å². The third-order valence-electron chi connectivity index (χ3n) is 2.47. The molecule has 3 nitrogen and oxygen atoms in total. The van der Waals surface area contributed by atoms with Crippen LogP contribution in [0.15, 0.2) is 0 Å². The topological polar surface area (TPSA) is 38.8 Å². The van der Waals surface area contributed by atoms with Crippen LogP contribution in [0.4, 0.5) is 0 Å². The molecule has 0 aromatic rings. The van der Waals surface area contributed by atoms with Gasteiger partial charge in [0.2, 0.25) is 0 Å². The molecule has 0 saturated carbocycles. The van der Waals surface area contributed by atoms with Crippen LogP contribution in [-0.2, 0) is 14.3 Å². The molecule has 0 aromatic carbocycles. The van der Waals surface area contributed by atoms with Gasteiger partial charge in [0.15, 0.2) is 0 Å². The average Bonchev–Trinajstić information content (AvgIpc) is 2.93. The third kappa shape index (κ3) is 5.74. The molecule has 0 N–H and O–H groups in total. The summed E-state index contributed by atoms with van der Waals surface area (Å²) in [6.07, 6.45) is 2.67. The summed E-state index contributed by atoms with van der Waals surface area (Å²) in [5.74, 6) is 6.03. The van der Waals surface area contributed by atoms with Crippen molar-refractivity contribution in [2.24, 2.45) is 5.41 Å². The molecule has 17 heavy (non-hydrogen) atoms. The number of unbranched alkanes of at least 4 members (excludes halogenated alkanes) is 2. The van der Waals surface area contributed by atoms with Crippen molar-refractivity contribution in [3.63, 3.8) is 0 Å². The molecular formula is C14H22O3. The standard InChI is InChI=1S/C14H22O3/c1-13(2,3)12(15)16-10-8-6-5-7-9-14(4)11-17-14/h5-6,8,10-11H2,1-4H3. The highest BCUT2D eigenvalue weighted by Crippen LogP contribution is 2.24. The summed E-state index contributed by atoms with van der Waals surface area (Å²) in [5, 5.41) is 0. The van der Waals surface area contributed by atoms with Gasteiger partial charge in [-0.3, -0.25) is 4.79 Å². The van der Waals surface area contributed by atoms with Crippen molar-refractivity contribution in [1.82, 2.24) is 0 Å². The number of hydrogen-bond acceptors (Lipinski definition) is 3. The Labute approximate surface area is 104 Å². The molecule has 1 aliphatic rings. The van der Waals surface area contributed by atoms with E-state index in [0.29, 0.717) is 6.61 Å². The predicted molar refractivity (Wildman–Crippen MR) is 66.4 cm³/mol. The van der Waals surface area contributed by atoms with Gasteiger partial charge in [-0.25, -0.2) is 0 Å². The smallest absolute Gasteiger partial charge is 0.311 e. The fourth-order valence-corrected chi connectivity index (χ4v) is 1.13. The van der Waals surface area contributed by atoms with Crippen LogP contribution in [-0.4, -0.2) is 24.8 Å². The molecule has 0 bridgehead atoms. The first kappa shape index (κ1) is 14.1. The van der Waals surface area contributed by atoms with Gasteiger partial charge in [-0.05, 0) is 40.5 Å². The normalized spacial score (nSPS) is 22.6. The van der Waals surface area contributed by atoms with Gasteiger partial charge in [0.25, 0.3) is 0 Å². The Morgan fingerprint density at radius 2 is 2.06 bits per heavy atom. The summed E-state index contributed by atoms with van der Waals surface area (Å²) in [4.78, 5) is 11.4. The summed E-state index contributed by atoms with van der Waals surface area (Å²) in [6, 6.07) is 0. The fourth-order valence-electron chi connectivity index (χ4n) is 1.13. The molecule has 1 heterocycles. The summed E-state index contributed by atoms with van der Waals surface area (Å²) in [7, 11) is 0. The molecule has 96 valence electrons. The van der Waals surface area contributed by atoms with Crippen molar-refractivity contribution in [1.29, 1.82) is 0 Å². The van der Waals surface area contributed by atoms with Gasteiger partial charge >= 0.3 is 5.97 Å². The monoisotopic (exact) mass is 238 g/mol. The second-order valence-electron chi connectivity index (χ2n) is 5.66. The zero-order valence-electron chi connectivity index (χ0n) is 11.3. The minimum atomic E-state index is -0.405. The van der Waals surface area contributed by atoms with Crippen molar-refractivity contribution in [3.8, 4) is 11.8 Å². The molecule has 1 fully saturated rings. The Balaban J connectivity index is 2.01. The maximum atomic E-state index is 11.4. The lowest BCUT2D eigenvalue weighted by molar-refractivity contribution is -0.153. The van der Waals surface area contributed by atoms with Gasteiger partial charge in [0, 0.05) is 6.42 Å². The van der Waals surface area contributed by atoms with Gasteiger partial charge in [-0.1, -0.05) is 5.92 Å². The number of ether oxygens (including phenoxy) is 2. The van der Waals surface area contributed by atoms with E-state index in [-0.39, 0.29) is 11.6 Å². The fraction of sp³-hybridized carbons (Fsp3) is 0.786. The number of hydrogen-bond donors (Lipinski definition) is 0. The van der Waals surface area contributed by atoms with E-state index in [1.165, 1.54) is 0 Å². The first-order valence-electron chi connectivity index (χ1n) is 6.15. The van der Waals surface area contributed by atoms with Crippen molar-refractivity contribution in [3.05, 3.63) is 0 Å². The molecule has 0 spiro atoms. The van der Waals surface area contributed by atoms with Gasteiger partial charge < -0.3 is 9.47 Å². The van der Waals surface area contributed by atoms with E-state index in [1.54, 1.807) is 0 Å². The summed E-state index contributed by atoms with van der Waals surface area (Å²) in [5.41, 5.74) is -0.573. The van der Waals surface area contributed by atoms with E-state index < -0.39 is 5.41 Å². The van der Waals surface area contributed by atoms with Crippen LogP contribution in [0, 0.1) is 17.3 Å². The Kier molecular flexibility index (Phi) is 4.59. The summed E-state index contributed by atoms with van der Waals surface area (Å²) >= 11 is 0. The van der Waals surface area contributed by atoms with E-state index in [4.69, 9.17) is 9.47 Å². The second kappa shape index (κ2) is 5.55. The molecule has 0 radical (unpaired) electrons. The van der Waals surface area contributed by atoms with E-state index in [1.807, 2.05) is 27.7 Å². The van der Waals surface area contributed by atoms with Gasteiger partial charge in [0.05, 0.1) is 18.6 Å². The van der Waals surface area contributed by atoms with E-state index in [0.717, 1.165) is 25.9 Å². The van der Waals surface area contributed by atoms with Crippen LogP contribution in [0.2, 0.25) is 0 Å². The van der Waals surface area contributed by atoms with Crippen LogP contribution in [0.25, 0.3) is 0 Å². The molecule has 1 saturated heterocycles. The molecule has 1 atom stereocenters. The Bertz CT molecular complexity index is 324. The first-order valence-corrected chi connectivity index (χ1v) is 6.15. The number of carbonyl (C=O) groups is 1. The average molecular weight is 238 g/mol. The van der Waals surface area contributed by atoms with E-state index in [9.17, 15) is 4.79 Å². The van der Waals surface area contributed by atoms with Crippen LogP contribution in [0.5, 0.6) is 0 Å². The molecule has 0 amide bonds. The highest BCUT2D eigenvalue weighted by molar-refractivity contribution is 5.75. The zero-order chi connectivity index (χ0) is 12.9. The zero-order valence-corrected chi connectivity index (χ0v) is 11.3. The number of rotatable bonds is 4. The number of epoxide rings is 1. The minimum Gasteiger partial charge on any atom is -0.465 e. The second-order valence-corrected chi connectivity index (χ2v) is 5.66. The third-order valence-corrected chi connectivity index (χ3v) is 2.47. The quantitative estimate of drug-likeness (QED) is 0.327. The SMILES string of the molecule is CC1(C#CCCCCOC(=O)C(C)(C)C)CO1. The number of carbonyl (C=O) groups excluding carboxylic acids is 1. The Hall–Kier alpha value is -1.01.